The lowest BCUT2D eigenvalue weighted by Crippen LogP contribution is -2.31. The quantitative estimate of drug-likeness (QED) is 0.171. The van der Waals surface area contributed by atoms with Gasteiger partial charge in [-0.2, -0.15) is 0 Å². The highest BCUT2D eigenvalue weighted by atomic mass is 16.7. The van der Waals surface area contributed by atoms with Crippen LogP contribution in [0.4, 0.5) is 5.69 Å². The number of nitro groups is 1. The first-order valence-corrected chi connectivity index (χ1v) is 11.0. The molecule has 0 N–H and O–H groups in total. The van der Waals surface area contributed by atoms with E-state index in [-0.39, 0.29) is 29.6 Å². The number of hydrogen-bond donors (Lipinski definition) is 0. The summed E-state index contributed by atoms with van der Waals surface area (Å²) in [6, 6.07) is 5.36. The molecule has 3 rings (SSSR count). The van der Waals surface area contributed by atoms with Gasteiger partial charge in [0.25, 0.3) is 5.69 Å². The molecular formula is C25H31NO7. The molecule has 4 atom stereocenters. The Balaban J connectivity index is 1.59. The predicted octanol–water partition coefficient (Wildman–Crippen LogP) is 4.89. The standard InChI is InChI=1S/C25H31NO7/c1-6-16(2)13-20(31-24(27)18-7-9-19(10-8-18)26(28)29)11-12-21-17(3)14-22(32-21)23-15-30-25(4,5)33-23/h7-10,20-23H,1,3,11-15H2,2,4-5H3/t20-,21-,22+,23+/m0/s1. The smallest absolute Gasteiger partial charge is 0.338 e. The van der Waals surface area contributed by atoms with Crippen molar-refractivity contribution in [3.63, 3.8) is 0 Å². The number of carbonyl (C=O) groups is 1. The second kappa shape index (κ2) is 10.4. The summed E-state index contributed by atoms with van der Waals surface area (Å²) in [6.07, 6.45) is 1.56. The minimum atomic E-state index is -0.612. The summed E-state index contributed by atoms with van der Waals surface area (Å²) in [6.45, 7) is 14.0. The molecule has 0 bridgehead atoms. The van der Waals surface area contributed by atoms with Gasteiger partial charge in [0.1, 0.15) is 12.2 Å². The zero-order valence-corrected chi connectivity index (χ0v) is 19.4. The summed E-state index contributed by atoms with van der Waals surface area (Å²) in [5, 5.41) is 10.8. The maximum Gasteiger partial charge on any atom is 0.338 e. The second-order valence-electron chi connectivity index (χ2n) is 8.96. The molecule has 0 aliphatic carbocycles. The van der Waals surface area contributed by atoms with Crippen molar-refractivity contribution < 1.29 is 28.7 Å². The third kappa shape index (κ3) is 6.62. The fourth-order valence-electron chi connectivity index (χ4n) is 4.03. The Labute approximate surface area is 194 Å². The van der Waals surface area contributed by atoms with E-state index in [9.17, 15) is 14.9 Å². The van der Waals surface area contributed by atoms with Crippen LogP contribution in [0.3, 0.4) is 0 Å². The van der Waals surface area contributed by atoms with Gasteiger partial charge in [0.2, 0.25) is 0 Å². The lowest BCUT2D eigenvalue weighted by atomic mass is 9.99. The predicted molar refractivity (Wildman–Crippen MR) is 122 cm³/mol. The first-order valence-electron chi connectivity index (χ1n) is 11.0. The van der Waals surface area contributed by atoms with Crippen LogP contribution in [-0.2, 0) is 18.9 Å². The average molecular weight is 458 g/mol. The van der Waals surface area contributed by atoms with Gasteiger partial charge in [-0.3, -0.25) is 10.1 Å². The van der Waals surface area contributed by atoms with Crippen molar-refractivity contribution in [2.75, 3.05) is 6.61 Å². The molecule has 0 amide bonds. The highest BCUT2D eigenvalue weighted by Crippen LogP contribution is 2.35. The topological polar surface area (TPSA) is 97.1 Å². The maximum absolute atomic E-state index is 12.6. The van der Waals surface area contributed by atoms with Crippen LogP contribution in [0.1, 0.15) is 56.8 Å². The van der Waals surface area contributed by atoms with E-state index in [0.29, 0.717) is 32.3 Å². The van der Waals surface area contributed by atoms with E-state index in [1.165, 1.54) is 24.3 Å². The zero-order chi connectivity index (χ0) is 24.2. The van der Waals surface area contributed by atoms with E-state index < -0.39 is 22.8 Å². The number of non-ortho nitro benzene ring substituents is 1. The summed E-state index contributed by atoms with van der Waals surface area (Å²) in [5.41, 5.74) is 4.88. The molecule has 2 fully saturated rings. The van der Waals surface area contributed by atoms with Crippen molar-refractivity contribution in [3.8, 4) is 0 Å². The van der Waals surface area contributed by atoms with Crippen LogP contribution in [-0.4, -0.2) is 47.7 Å². The molecule has 33 heavy (non-hydrogen) atoms. The molecule has 2 saturated heterocycles. The third-order valence-electron chi connectivity index (χ3n) is 5.88. The van der Waals surface area contributed by atoms with Gasteiger partial charge in [-0.1, -0.05) is 13.2 Å². The Morgan fingerprint density at radius 1 is 1.33 bits per heavy atom. The van der Waals surface area contributed by atoms with E-state index in [0.717, 1.165) is 11.1 Å². The van der Waals surface area contributed by atoms with Crippen LogP contribution in [0.5, 0.6) is 0 Å². The molecule has 0 radical (unpaired) electrons. The summed E-state index contributed by atoms with van der Waals surface area (Å²) in [5.74, 6) is -1.14. The van der Waals surface area contributed by atoms with Gasteiger partial charge in [-0.05, 0) is 63.3 Å². The van der Waals surface area contributed by atoms with Crippen LogP contribution in [0, 0.1) is 10.1 Å². The number of esters is 1. The third-order valence-corrected chi connectivity index (χ3v) is 5.88. The lowest BCUT2D eigenvalue weighted by molar-refractivity contribution is -0.384. The van der Waals surface area contributed by atoms with E-state index >= 15 is 0 Å². The molecule has 2 heterocycles. The molecular weight excluding hydrogens is 426 g/mol. The summed E-state index contributed by atoms with van der Waals surface area (Å²) in [4.78, 5) is 23.0. The zero-order valence-electron chi connectivity index (χ0n) is 19.4. The number of rotatable bonds is 9. The van der Waals surface area contributed by atoms with Crippen LogP contribution < -0.4 is 0 Å². The van der Waals surface area contributed by atoms with Gasteiger partial charge in [0.15, 0.2) is 5.79 Å². The molecule has 2 aliphatic rings. The monoisotopic (exact) mass is 457 g/mol. The molecule has 2 aliphatic heterocycles. The first kappa shape index (κ1) is 24.9. The fraction of sp³-hybridized carbons (Fsp3) is 0.520. The normalized spacial score (nSPS) is 24.8. The molecule has 8 nitrogen and oxygen atoms in total. The van der Waals surface area contributed by atoms with Crippen molar-refractivity contribution in [2.24, 2.45) is 0 Å². The molecule has 0 saturated carbocycles. The maximum atomic E-state index is 12.6. The summed E-state index contributed by atoms with van der Waals surface area (Å²) in [7, 11) is 0. The number of nitrogens with zero attached hydrogens (tertiary/aromatic N) is 1. The summed E-state index contributed by atoms with van der Waals surface area (Å²) < 4.78 is 23.5. The van der Waals surface area contributed by atoms with E-state index in [2.05, 4.69) is 18.9 Å². The van der Waals surface area contributed by atoms with Crippen LogP contribution >= 0.6 is 0 Å². The van der Waals surface area contributed by atoms with Gasteiger partial charge in [0, 0.05) is 18.6 Å². The number of carbonyl (C=O) groups excluding carboxylic acids is 1. The molecule has 1 aromatic rings. The van der Waals surface area contributed by atoms with Crippen LogP contribution in [0.15, 0.2) is 54.3 Å². The molecule has 8 heteroatoms. The van der Waals surface area contributed by atoms with E-state index in [4.69, 9.17) is 18.9 Å². The van der Waals surface area contributed by atoms with Crippen molar-refractivity contribution >= 4 is 11.7 Å². The Morgan fingerprint density at radius 2 is 2.03 bits per heavy atom. The van der Waals surface area contributed by atoms with Crippen molar-refractivity contribution in [1.29, 1.82) is 0 Å². The highest BCUT2D eigenvalue weighted by Gasteiger charge is 2.42. The van der Waals surface area contributed by atoms with Crippen molar-refractivity contribution in [1.82, 2.24) is 0 Å². The van der Waals surface area contributed by atoms with Crippen molar-refractivity contribution in [3.05, 3.63) is 70.0 Å². The minimum Gasteiger partial charge on any atom is -0.458 e. The Bertz CT molecular complexity index is 946. The van der Waals surface area contributed by atoms with Crippen LogP contribution in [0.25, 0.3) is 0 Å². The number of ether oxygens (including phenoxy) is 4. The minimum absolute atomic E-state index is 0.0833. The fourth-order valence-corrected chi connectivity index (χ4v) is 4.03. The molecule has 0 spiro atoms. The van der Waals surface area contributed by atoms with Gasteiger partial charge >= 0.3 is 5.97 Å². The van der Waals surface area contributed by atoms with E-state index in [1.54, 1.807) is 0 Å². The average Bonchev–Trinajstić information content (AvgIpc) is 3.33. The Kier molecular flexibility index (Phi) is 7.87. The highest BCUT2D eigenvalue weighted by molar-refractivity contribution is 5.89. The second-order valence-corrected chi connectivity index (χ2v) is 8.96. The van der Waals surface area contributed by atoms with Gasteiger partial charge in [-0.15, -0.1) is 5.73 Å². The molecule has 1 aromatic carbocycles. The number of hydrogen-bond acceptors (Lipinski definition) is 7. The number of benzene rings is 1. The molecule has 0 unspecified atom stereocenters. The molecule has 0 aromatic heterocycles. The van der Waals surface area contributed by atoms with Gasteiger partial charge < -0.3 is 18.9 Å². The lowest BCUT2D eigenvalue weighted by Gasteiger charge is -2.22. The summed E-state index contributed by atoms with van der Waals surface area (Å²) >= 11 is 0. The van der Waals surface area contributed by atoms with E-state index in [1.807, 2.05) is 20.8 Å². The molecule has 178 valence electrons. The number of nitro benzene ring substituents is 1. The Morgan fingerprint density at radius 3 is 2.61 bits per heavy atom. The Hall–Kier alpha value is -2.77. The van der Waals surface area contributed by atoms with Gasteiger partial charge in [0.05, 0.1) is 29.3 Å². The van der Waals surface area contributed by atoms with Crippen LogP contribution in [0.2, 0.25) is 0 Å². The SMILES string of the molecule is C=C=C(C)C[C@H](CC[C@@H]1O[C@@H]([C@H]2COC(C)(C)O2)CC1=C)OC(=O)c1ccc([N+](=O)[O-])cc1. The van der Waals surface area contributed by atoms with Crippen molar-refractivity contribution in [2.45, 2.75) is 76.7 Å². The van der Waals surface area contributed by atoms with Gasteiger partial charge in [-0.25, -0.2) is 4.79 Å². The first-order chi connectivity index (χ1) is 15.6. The largest absolute Gasteiger partial charge is 0.458 e.